The molecule has 1 heterocycles. The van der Waals surface area contributed by atoms with Crippen LogP contribution >= 0.6 is 43.2 Å². The number of carbonyl (C=O) groups is 1. The van der Waals surface area contributed by atoms with E-state index in [1.807, 2.05) is 0 Å². The normalized spacial score (nSPS) is 22.8. The van der Waals surface area contributed by atoms with Crippen LogP contribution in [-0.4, -0.2) is 25.5 Å². The first-order chi connectivity index (χ1) is 8.79. The van der Waals surface area contributed by atoms with E-state index >= 15 is 0 Å². The maximum Gasteiger partial charge on any atom is 0.310 e. The van der Waals surface area contributed by atoms with Gasteiger partial charge in [-0.2, -0.15) is 0 Å². The van der Waals surface area contributed by atoms with Crippen molar-refractivity contribution in [3.8, 4) is 0 Å². The fraction of sp³-hybridized carbons (Fsp3) is 0.300. The van der Waals surface area contributed by atoms with Crippen molar-refractivity contribution in [2.75, 3.05) is 0 Å². The van der Waals surface area contributed by atoms with E-state index in [4.69, 9.17) is 5.11 Å². The summed E-state index contributed by atoms with van der Waals surface area (Å²) in [6.45, 7) is 0. The van der Waals surface area contributed by atoms with Crippen molar-refractivity contribution < 1.29 is 18.3 Å². The molecule has 2 rings (SSSR count). The standard InChI is InChI=1S/C10H9Br2NO4S2/c11-8-4-7(9(12)18-8)19(16,17)13-6-2-1-5(3-6)10(14)15/h1-2,4-6,13H,3H2,(H,14,15). The molecule has 2 N–H and O–H groups in total. The Labute approximate surface area is 131 Å². The third-order valence-corrected chi connectivity index (χ3v) is 6.87. The topological polar surface area (TPSA) is 83.5 Å². The molecular weight excluding hydrogens is 422 g/mol. The molecule has 0 fully saturated rings. The molecular formula is C10H9Br2NO4S2. The number of hydrogen-bond donors (Lipinski definition) is 2. The van der Waals surface area contributed by atoms with Crippen molar-refractivity contribution in [3.05, 3.63) is 25.8 Å². The summed E-state index contributed by atoms with van der Waals surface area (Å²) >= 11 is 7.68. The number of aliphatic carboxylic acids is 1. The van der Waals surface area contributed by atoms with Gasteiger partial charge < -0.3 is 5.11 Å². The average Bonchev–Trinajstić information content (AvgIpc) is 2.85. The summed E-state index contributed by atoms with van der Waals surface area (Å²) in [4.78, 5) is 10.9. The van der Waals surface area contributed by atoms with Gasteiger partial charge in [0.25, 0.3) is 0 Å². The van der Waals surface area contributed by atoms with Gasteiger partial charge in [0.1, 0.15) is 4.90 Å². The first kappa shape index (κ1) is 15.2. The summed E-state index contributed by atoms with van der Waals surface area (Å²) in [5.74, 6) is -1.58. The predicted octanol–water partition coefficient (Wildman–Crippen LogP) is 2.58. The summed E-state index contributed by atoms with van der Waals surface area (Å²) < 4.78 is 28.0. The van der Waals surface area contributed by atoms with Gasteiger partial charge in [-0.15, -0.1) is 11.3 Å². The van der Waals surface area contributed by atoms with Gasteiger partial charge in [0, 0.05) is 6.04 Å². The molecule has 0 saturated heterocycles. The molecule has 1 aliphatic carbocycles. The smallest absolute Gasteiger partial charge is 0.310 e. The van der Waals surface area contributed by atoms with Crippen LogP contribution in [0.25, 0.3) is 0 Å². The first-order valence-corrected chi connectivity index (χ1v) is 9.06. The van der Waals surface area contributed by atoms with Crippen LogP contribution in [0.5, 0.6) is 0 Å². The van der Waals surface area contributed by atoms with Gasteiger partial charge in [-0.25, -0.2) is 13.1 Å². The Morgan fingerprint density at radius 2 is 2.11 bits per heavy atom. The number of carboxylic acids is 1. The largest absolute Gasteiger partial charge is 0.481 e. The van der Waals surface area contributed by atoms with Crippen molar-refractivity contribution in [1.82, 2.24) is 4.72 Å². The van der Waals surface area contributed by atoms with Gasteiger partial charge >= 0.3 is 5.97 Å². The summed E-state index contributed by atoms with van der Waals surface area (Å²) in [6.07, 6.45) is 3.32. The zero-order chi connectivity index (χ0) is 14.2. The van der Waals surface area contributed by atoms with E-state index in [-0.39, 0.29) is 11.3 Å². The molecule has 0 radical (unpaired) electrons. The third-order valence-electron chi connectivity index (χ3n) is 2.62. The zero-order valence-corrected chi connectivity index (χ0v) is 14.1. The number of hydrogen-bond acceptors (Lipinski definition) is 4. The van der Waals surface area contributed by atoms with E-state index in [2.05, 4.69) is 36.6 Å². The van der Waals surface area contributed by atoms with E-state index in [1.54, 1.807) is 6.08 Å². The summed E-state index contributed by atoms with van der Waals surface area (Å²) in [5.41, 5.74) is 0. The van der Waals surface area contributed by atoms with Gasteiger partial charge in [-0.1, -0.05) is 12.2 Å². The Bertz CT molecular complexity index is 638. The molecule has 0 aliphatic heterocycles. The second-order valence-corrected chi connectivity index (χ2v) is 9.41. The fourth-order valence-electron chi connectivity index (χ4n) is 1.74. The van der Waals surface area contributed by atoms with Crippen LogP contribution in [0.2, 0.25) is 0 Å². The number of halogens is 2. The molecule has 0 aromatic carbocycles. The third kappa shape index (κ3) is 3.46. The van der Waals surface area contributed by atoms with Crippen LogP contribution in [0.3, 0.4) is 0 Å². The van der Waals surface area contributed by atoms with Crippen molar-refractivity contribution in [1.29, 1.82) is 0 Å². The van der Waals surface area contributed by atoms with Crippen LogP contribution in [0, 0.1) is 5.92 Å². The molecule has 2 atom stereocenters. The number of carboxylic acid groups (broad SMARTS) is 1. The highest BCUT2D eigenvalue weighted by Gasteiger charge is 2.29. The number of thiophene rings is 1. The highest BCUT2D eigenvalue weighted by atomic mass is 79.9. The highest BCUT2D eigenvalue weighted by molar-refractivity contribution is 9.12. The predicted molar refractivity (Wildman–Crippen MR) is 78.7 cm³/mol. The number of sulfonamides is 1. The van der Waals surface area contributed by atoms with Crippen molar-refractivity contribution >= 4 is 59.2 Å². The van der Waals surface area contributed by atoms with Gasteiger partial charge in [0.2, 0.25) is 10.0 Å². The molecule has 0 bridgehead atoms. The lowest BCUT2D eigenvalue weighted by Crippen LogP contribution is -2.33. The van der Waals surface area contributed by atoms with Gasteiger partial charge in [-0.3, -0.25) is 4.79 Å². The molecule has 0 spiro atoms. The SMILES string of the molecule is O=C(O)C1C=CC(NS(=O)(=O)c2cc(Br)sc2Br)C1. The molecule has 1 aromatic rings. The van der Waals surface area contributed by atoms with Crippen LogP contribution in [0.1, 0.15) is 6.42 Å². The van der Waals surface area contributed by atoms with Crippen molar-refractivity contribution in [2.24, 2.45) is 5.92 Å². The molecule has 0 amide bonds. The molecule has 1 aromatic heterocycles. The van der Waals surface area contributed by atoms with E-state index in [9.17, 15) is 13.2 Å². The Morgan fingerprint density at radius 3 is 2.58 bits per heavy atom. The molecule has 1 aliphatic rings. The number of nitrogens with one attached hydrogen (secondary N) is 1. The first-order valence-electron chi connectivity index (χ1n) is 5.18. The van der Waals surface area contributed by atoms with Gasteiger partial charge in [0.15, 0.2) is 0 Å². The maximum absolute atomic E-state index is 12.2. The summed E-state index contributed by atoms with van der Waals surface area (Å²) in [7, 11) is -3.66. The van der Waals surface area contributed by atoms with Crippen molar-refractivity contribution in [3.63, 3.8) is 0 Å². The molecule has 104 valence electrons. The summed E-state index contributed by atoms with van der Waals surface area (Å²) in [6, 6.07) is 1.02. The van der Waals surface area contributed by atoms with Crippen LogP contribution in [-0.2, 0) is 14.8 Å². The maximum atomic E-state index is 12.2. The Balaban J connectivity index is 2.14. The second kappa shape index (κ2) is 5.65. The minimum atomic E-state index is -3.66. The molecule has 5 nitrogen and oxygen atoms in total. The monoisotopic (exact) mass is 429 g/mol. The molecule has 19 heavy (non-hydrogen) atoms. The zero-order valence-electron chi connectivity index (χ0n) is 9.34. The lowest BCUT2D eigenvalue weighted by Gasteiger charge is -2.12. The second-order valence-electron chi connectivity index (χ2n) is 3.98. The van der Waals surface area contributed by atoms with E-state index < -0.39 is 28.0 Å². The Kier molecular flexibility index (Phi) is 4.51. The van der Waals surface area contributed by atoms with Crippen LogP contribution in [0.15, 0.2) is 30.7 Å². The fourth-order valence-corrected chi connectivity index (χ4v) is 6.76. The van der Waals surface area contributed by atoms with Gasteiger partial charge in [0.05, 0.1) is 13.5 Å². The van der Waals surface area contributed by atoms with E-state index in [0.29, 0.717) is 7.57 Å². The van der Waals surface area contributed by atoms with Crippen LogP contribution < -0.4 is 4.72 Å². The molecule has 0 saturated carbocycles. The minimum absolute atomic E-state index is 0.150. The summed E-state index contributed by atoms with van der Waals surface area (Å²) in [5, 5.41) is 8.85. The van der Waals surface area contributed by atoms with Gasteiger partial charge in [-0.05, 0) is 44.3 Å². The van der Waals surface area contributed by atoms with Crippen LogP contribution in [0.4, 0.5) is 0 Å². The molecule has 2 unspecified atom stereocenters. The highest BCUT2D eigenvalue weighted by Crippen LogP contribution is 2.35. The quantitative estimate of drug-likeness (QED) is 0.719. The van der Waals surface area contributed by atoms with E-state index in [1.165, 1.54) is 23.5 Å². The molecule has 9 heteroatoms. The number of rotatable bonds is 4. The Hall–Kier alpha value is -0.220. The Morgan fingerprint density at radius 1 is 1.42 bits per heavy atom. The lowest BCUT2D eigenvalue weighted by atomic mass is 10.1. The van der Waals surface area contributed by atoms with E-state index in [0.717, 1.165) is 0 Å². The average molecular weight is 431 g/mol. The minimum Gasteiger partial charge on any atom is -0.481 e. The lowest BCUT2D eigenvalue weighted by molar-refractivity contribution is -0.140. The van der Waals surface area contributed by atoms with Crippen molar-refractivity contribution in [2.45, 2.75) is 17.4 Å².